The van der Waals surface area contributed by atoms with E-state index in [-0.39, 0.29) is 11.8 Å². The first-order valence-corrected chi connectivity index (χ1v) is 6.68. The fraction of sp³-hybridized carbons (Fsp3) is 0.500. The molecule has 4 nitrogen and oxygen atoms in total. The van der Waals surface area contributed by atoms with Crippen molar-refractivity contribution in [1.82, 2.24) is 4.90 Å². The lowest BCUT2D eigenvalue weighted by atomic mass is 10.0. The normalized spacial score (nSPS) is 12.3. The van der Waals surface area contributed by atoms with Crippen molar-refractivity contribution in [2.24, 2.45) is 11.7 Å². The van der Waals surface area contributed by atoms with Crippen molar-refractivity contribution in [1.29, 1.82) is 0 Å². The Labute approximate surface area is 119 Å². The molecule has 1 amide bonds. The monoisotopic (exact) mass is 284 g/mol. The molecule has 106 valence electrons. The summed E-state index contributed by atoms with van der Waals surface area (Å²) in [6, 6.07) is 6.66. The molecule has 0 aliphatic carbocycles. The standard InChI is InChI=1S/C14H21ClN2O2/c1-10(2)13(16)14(18)17(3)8-9-19-12-6-4-11(15)5-7-12/h4-7,10,13H,8-9,16H2,1-3H3. The van der Waals surface area contributed by atoms with Crippen LogP contribution in [-0.2, 0) is 4.79 Å². The Kier molecular flexibility index (Phi) is 6.12. The molecule has 1 aromatic rings. The molecule has 1 aromatic carbocycles. The summed E-state index contributed by atoms with van der Waals surface area (Å²) in [5, 5.41) is 0.669. The van der Waals surface area contributed by atoms with Gasteiger partial charge in [-0.3, -0.25) is 4.79 Å². The fourth-order valence-corrected chi connectivity index (χ4v) is 1.61. The number of likely N-dealkylation sites (N-methyl/N-ethyl adjacent to an activating group) is 1. The third kappa shape index (κ3) is 5.09. The van der Waals surface area contributed by atoms with Crippen LogP contribution in [0.5, 0.6) is 5.75 Å². The molecule has 2 N–H and O–H groups in total. The number of ether oxygens (including phenoxy) is 1. The van der Waals surface area contributed by atoms with E-state index >= 15 is 0 Å². The molecule has 0 spiro atoms. The number of halogens is 1. The number of amides is 1. The van der Waals surface area contributed by atoms with Crippen molar-refractivity contribution in [3.8, 4) is 5.75 Å². The second-order valence-corrected chi connectivity index (χ2v) is 5.27. The van der Waals surface area contributed by atoms with Crippen LogP contribution < -0.4 is 10.5 Å². The first-order chi connectivity index (χ1) is 8.91. The summed E-state index contributed by atoms with van der Waals surface area (Å²) >= 11 is 5.78. The van der Waals surface area contributed by atoms with Gasteiger partial charge in [-0.2, -0.15) is 0 Å². The second-order valence-electron chi connectivity index (χ2n) is 4.83. The predicted molar refractivity (Wildman–Crippen MR) is 77.4 cm³/mol. The van der Waals surface area contributed by atoms with E-state index in [9.17, 15) is 4.79 Å². The zero-order valence-electron chi connectivity index (χ0n) is 11.6. The summed E-state index contributed by atoms with van der Waals surface area (Å²) < 4.78 is 5.53. The van der Waals surface area contributed by atoms with Gasteiger partial charge >= 0.3 is 0 Å². The van der Waals surface area contributed by atoms with Crippen LogP contribution in [0.3, 0.4) is 0 Å². The van der Waals surface area contributed by atoms with Crippen molar-refractivity contribution in [2.45, 2.75) is 19.9 Å². The van der Waals surface area contributed by atoms with Gasteiger partial charge in [-0.25, -0.2) is 0 Å². The molecule has 0 fully saturated rings. The maximum Gasteiger partial charge on any atom is 0.239 e. The molecule has 0 heterocycles. The van der Waals surface area contributed by atoms with Crippen LogP contribution in [0.1, 0.15) is 13.8 Å². The topological polar surface area (TPSA) is 55.6 Å². The molecular formula is C14H21ClN2O2. The van der Waals surface area contributed by atoms with Gasteiger partial charge in [-0.1, -0.05) is 25.4 Å². The van der Waals surface area contributed by atoms with Crippen molar-refractivity contribution >= 4 is 17.5 Å². The van der Waals surface area contributed by atoms with E-state index in [1.165, 1.54) is 0 Å². The molecule has 0 radical (unpaired) electrons. The first-order valence-electron chi connectivity index (χ1n) is 6.30. The van der Waals surface area contributed by atoms with Gasteiger partial charge in [0.25, 0.3) is 0 Å². The van der Waals surface area contributed by atoms with Crippen molar-refractivity contribution < 1.29 is 9.53 Å². The molecule has 0 aliphatic heterocycles. The minimum Gasteiger partial charge on any atom is -0.492 e. The van der Waals surface area contributed by atoms with E-state index in [2.05, 4.69) is 0 Å². The van der Waals surface area contributed by atoms with Crippen molar-refractivity contribution in [2.75, 3.05) is 20.2 Å². The average molecular weight is 285 g/mol. The Morgan fingerprint density at radius 3 is 2.47 bits per heavy atom. The largest absolute Gasteiger partial charge is 0.492 e. The Morgan fingerprint density at radius 2 is 1.95 bits per heavy atom. The summed E-state index contributed by atoms with van der Waals surface area (Å²) in [6.07, 6.45) is 0. The summed E-state index contributed by atoms with van der Waals surface area (Å²) in [5.74, 6) is 0.806. The molecular weight excluding hydrogens is 264 g/mol. The lowest BCUT2D eigenvalue weighted by Gasteiger charge is -2.23. The Balaban J connectivity index is 2.36. The van der Waals surface area contributed by atoms with E-state index < -0.39 is 6.04 Å². The average Bonchev–Trinajstić information content (AvgIpc) is 2.39. The highest BCUT2D eigenvalue weighted by Crippen LogP contribution is 2.15. The SMILES string of the molecule is CC(C)C(N)C(=O)N(C)CCOc1ccc(Cl)cc1. The van der Waals surface area contributed by atoms with Gasteiger partial charge in [0.2, 0.25) is 5.91 Å². The molecule has 19 heavy (non-hydrogen) atoms. The number of hydrogen-bond donors (Lipinski definition) is 1. The maximum absolute atomic E-state index is 11.9. The highest BCUT2D eigenvalue weighted by Gasteiger charge is 2.20. The van der Waals surface area contributed by atoms with Gasteiger partial charge in [-0.05, 0) is 30.2 Å². The highest BCUT2D eigenvalue weighted by atomic mass is 35.5. The number of carbonyl (C=O) groups excluding carboxylic acids is 1. The van der Waals surface area contributed by atoms with Gasteiger partial charge in [0.1, 0.15) is 12.4 Å². The minimum atomic E-state index is -0.458. The van der Waals surface area contributed by atoms with Crippen molar-refractivity contribution in [3.63, 3.8) is 0 Å². The lowest BCUT2D eigenvalue weighted by Crippen LogP contribution is -2.46. The van der Waals surface area contributed by atoms with Crippen LogP contribution in [0, 0.1) is 5.92 Å². The Bertz CT molecular complexity index is 406. The van der Waals surface area contributed by atoms with Crippen LogP contribution >= 0.6 is 11.6 Å². The second kappa shape index (κ2) is 7.36. The molecule has 5 heteroatoms. The third-order valence-electron chi connectivity index (χ3n) is 2.89. The zero-order chi connectivity index (χ0) is 14.4. The van der Waals surface area contributed by atoms with E-state index in [1.54, 1.807) is 36.2 Å². The summed E-state index contributed by atoms with van der Waals surface area (Å²) in [4.78, 5) is 13.5. The molecule has 0 aromatic heterocycles. The molecule has 1 atom stereocenters. The van der Waals surface area contributed by atoms with Gasteiger partial charge in [0.05, 0.1) is 12.6 Å². The number of nitrogens with zero attached hydrogens (tertiary/aromatic N) is 1. The van der Waals surface area contributed by atoms with E-state index in [1.807, 2.05) is 13.8 Å². The highest BCUT2D eigenvalue weighted by molar-refractivity contribution is 6.30. The van der Waals surface area contributed by atoms with Crippen LogP contribution in [0.15, 0.2) is 24.3 Å². The number of carbonyl (C=O) groups is 1. The minimum absolute atomic E-state index is 0.0605. The Morgan fingerprint density at radius 1 is 1.37 bits per heavy atom. The predicted octanol–water partition coefficient (Wildman–Crippen LogP) is 2.16. The van der Waals surface area contributed by atoms with Gasteiger partial charge in [0, 0.05) is 12.1 Å². The molecule has 1 unspecified atom stereocenters. The molecule has 0 saturated heterocycles. The molecule has 0 aliphatic rings. The quantitative estimate of drug-likeness (QED) is 0.871. The van der Waals surface area contributed by atoms with Crippen LogP contribution in [-0.4, -0.2) is 37.0 Å². The number of rotatable bonds is 6. The zero-order valence-corrected chi connectivity index (χ0v) is 12.4. The van der Waals surface area contributed by atoms with Gasteiger partial charge < -0.3 is 15.4 Å². The van der Waals surface area contributed by atoms with E-state index in [0.717, 1.165) is 5.75 Å². The summed E-state index contributed by atoms with van der Waals surface area (Å²) in [5.41, 5.74) is 5.81. The Hall–Kier alpha value is -1.26. The molecule has 0 bridgehead atoms. The van der Waals surface area contributed by atoms with E-state index in [4.69, 9.17) is 22.1 Å². The van der Waals surface area contributed by atoms with Crippen LogP contribution in [0.2, 0.25) is 5.02 Å². The van der Waals surface area contributed by atoms with Gasteiger partial charge in [0.15, 0.2) is 0 Å². The maximum atomic E-state index is 11.9. The summed E-state index contributed by atoms with van der Waals surface area (Å²) in [7, 11) is 1.73. The number of benzene rings is 1. The van der Waals surface area contributed by atoms with Crippen LogP contribution in [0.4, 0.5) is 0 Å². The van der Waals surface area contributed by atoms with Crippen LogP contribution in [0.25, 0.3) is 0 Å². The summed E-state index contributed by atoms with van der Waals surface area (Å²) in [6.45, 7) is 4.79. The smallest absolute Gasteiger partial charge is 0.239 e. The van der Waals surface area contributed by atoms with E-state index in [0.29, 0.717) is 18.2 Å². The lowest BCUT2D eigenvalue weighted by molar-refractivity contribution is -0.132. The molecule has 1 rings (SSSR count). The number of hydrogen-bond acceptors (Lipinski definition) is 3. The number of nitrogens with two attached hydrogens (primary N) is 1. The third-order valence-corrected chi connectivity index (χ3v) is 3.14. The molecule has 0 saturated carbocycles. The van der Waals surface area contributed by atoms with Gasteiger partial charge in [-0.15, -0.1) is 0 Å². The fourth-order valence-electron chi connectivity index (χ4n) is 1.48. The van der Waals surface area contributed by atoms with Crippen molar-refractivity contribution in [3.05, 3.63) is 29.3 Å². The first kappa shape index (κ1) is 15.8.